The maximum atomic E-state index is 11.4. The number of carbonyl (C=O) groups excluding carboxylic acids is 1. The van der Waals surface area contributed by atoms with Crippen LogP contribution in [-0.2, 0) is 14.8 Å². The Hall–Kier alpha value is -1.60. The minimum Gasteiger partial charge on any atom is -0.480 e. The summed E-state index contributed by atoms with van der Waals surface area (Å²) in [6.45, 7) is 5.56. The number of hydrogen-bond donors (Lipinski definition) is 2. The average molecular weight is 300 g/mol. The van der Waals surface area contributed by atoms with Crippen molar-refractivity contribution < 1.29 is 17.9 Å². The van der Waals surface area contributed by atoms with Crippen molar-refractivity contribution in [2.24, 2.45) is 10.9 Å². The summed E-state index contributed by atoms with van der Waals surface area (Å²) in [4.78, 5) is 11.2. The molecule has 0 fully saturated rings. The van der Waals surface area contributed by atoms with Gasteiger partial charge in [-0.25, -0.2) is 13.6 Å². The Morgan fingerprint density at radius 1 is 1.35 bits per heavy atom. The Kier molecular flexibility index (Phi) is 5.13. The van der Waals surface area contributed by atoms with Crippen LogP contribution >= 0.6 is 0 Å². The van der Waals surface area contributed by atoms with Gasteiger partial charge >= 0.3 is 0 Å². The van der Waals surface area contributed by atoms with E-state index in [0.717, 1.165) is 0 Å². The molecule has 6 nitrogen and oxygen atoms in total. The number of hydrogen-bond acceptors (Lipinski definition) is 4. The van der Waals surface area contributed by atoms with Gasteiger partial charge in [0.15, 0.2) is 6.10 Å². The van der Waals surface area contributed by atoms with E-state index in [1.165, 1.54) is 18.2 Å². The Balaban J connectivity index is 3.24. The fourth-order valence-electron chi connectivity index (χ4n) is 1.76. The van der Waals surface area contributed by atoms with Crippen LogP contribution in [0.2, 0.25) is 0 Å². The number of primary sulfonamides is 1. The number of sulfonamides is 1. The second-order valence-electron chi connectivity index (χ2n) is 4.82. The van der Waals surface area contributed by atoms with Crippen molar-refractivity contribution in [3.63, 3.8) is 0 Å². The number of rotatable bonds is 6. The molecule has 1 amide bonds. The summed E-state index contributed by atoms with van der Waals surface area (Å²) in [6.07, 6.45) is -0.308. The van der Waals surface area contributed by atoms with E-state index in [9.17, 15) is 13.2 Å². The molecule has 20 heavy (non-hydrogen) atoms. The Labute approximate surface area is 119 Å². The standard InChI is InChI=1S/C13H20N2O4S/c1-4-11(13(14)16)19-12-6-5-9(20(15,17)18)7-10(12)8(2)3/h5-8,11H,4H2,1-3H3,(H2,14,16)(H2,15,17,18). The van der Waals surface area contributed by atoms with E-state index < -0.39 is 22.0 Å². The van der Waals surface area contributed by atoms with Crippen LogP contribution in [0, 0.1) is 0 Å². The first-order valence-electron chi connectivity index (χ1n) is 6.29. The number of benzene rings is 1. The zero-order chi connectivity index (χ0) is 15.5. The Morgan fingerprint density at radius 2 is 1.95 bits per heavy atom. The lowest BCUT2D eigenvalue weighted by Crippen LogP contribution is -2.33. The van der Waals surface area contributed by atoms with E-state index in [0.29, 0.717) is 17.7 Å². The summed E-state index contributed by atoms with van der Waals surface area (Å²) < 4.78 is 28.3. The highest BCUT2D eigenvalue weighted by molar-refractivity contribution is 7.89. The van der Waals surface area contributed by atoms with Crippen molar-refractivity contribution in [1.82, 2.24) is 0 Å². The topological polar surface area (TPSA) is 112 Å². The molecule has 4 N–H and O–H groups in total. The highest BCUT2D eigenvalue weighted by atomic mass is 32.2. The largest absolute Gasteiger partial charge is 0.480 e. The summed E-state index contributed by atoms with van der Waals surface area (Å²) in [7, 11) is -3.77. The third-order valence-electron chi connectivity index (χ3n) is 2.89. The summed E-state index contributed by atoms with van der Waals surface area (Å²) in [6, 6.07) is 4.31. The zero-order valence-electron chi connectivity index (χ0n) is 11.8. The van der Waals surface area contributed by atoms with Crippen molar-refractivity contribution in [2.45, 2.75) is 44.1 Å². The first-order valence-corrected chi connectivity index (χ1v) is 7.84. The van der Waals surface area contributed by atoms with Gasteiger partial charge in [0, 0.05) is 0 Å². The molecule has 0 saturated carbocycles. The number of amides is 1. The third-order valence-corrected chi connectivity index (χ3v) is 3.80. The average Bonchev–Trinajstić information content (AvgIpc) is 2.34. The molecule has 7 heteroatoms. The van der Waals surface area contributed by atoms with Gasteiger partial charge in [-0.2, -0.15) is 0 Å². The van der Waals surface area contributed by atoms with E-state index in [-0.39, 0.29) is 10.8 Å². The second-order valence-corrected chi connectivity index (χ2v) is 6.38. The van der Waals surface area contributed by atoms with Crippen LogP contribution in [0.15, 0.2) is 23.1 Å². The molecule has 0 bridgehead atoms. The number of primary amides is 1. The molecule has 0 radical (unpaired) electrons. The summed E-state index contributed by atoms with van der Waals surface area (Å²) in [5.74, 6) is -0.104. The van der Waals surface area contributed by atoms with Crippen molar-refractivity contribution in [3.05, 3.63) is 23.8 Å². The van der Waals surface area contributed by atoms with Gasteiger partial charge < -0.3 is 10.5 Å². The van der Waals surface area contributed by atoms with Crippen LogP contribution in [0.4, 0.5) is 0 Å². The molecule has 1 aromatic carbocycles. The van der Waals surface area contributed by atoms with Gasteiger partial charge in [0.1, 0.15) is 5.75 Å². The molecule has 1 aromatic rings. The summed E-state index contributed by atoms with van der Waals surface area (Å²) in [5, 5.41) is 5.11. The fraction of sp³-hybridized carbons (Fsp3) is 0.462. The first kappa shape index (κ1) is 16.5. The van der Waals surface area contributed by atoms with Crippen molar-refractivity contribution in [1.29, 1.82) is 0 Å². The fourth-order valence-corrected chi connectivity index (χ4v) is 2.31. The maximum absolute atomic E-state index is 11.4. The monoisotopic (exact) mass is 300 g/mol. The van der Waals surface area contributed by atoms with Crippen molar-refractivity contribution >= 4 is 15.9 Å². The van der Waals surface area contributed by atoms with Crippen LogP contribution < -0.4 is 15.6 Å². The number of nitrogens with two attached hydrogens (primary N) is 2. The van der Waals surface area contributed by atoms with Crippen LogP contribution in [0.5, 0.6) is 5.75 Å². The number of ether oxygens (including phenoxy) is 1. The smallest absolute Gasteiger partial charge is 0.258 e. The molecule has 1 unspecified atom stereocenters. The van der Waals surface area contributed by atoms with E-state index in [4.69, 9.17) is 15.6 Å². The highest BCUT2D eigenvalue weighted by Gasteiger charge is 2.19. The highest BCUT2D eigenvalue weighted by Crippen LogP contribution is 2.29. The second kappa shape index (κ2) is 6.23. The van der Waals surface area contributed by atoms with Gasteiger partial charge in [-0.15, -0.1) is 0 Å². The molecular formula is C13H20N2O4S. The minimum atomic E-state index is -3.77. The lowest BCUT2D eigenvalue weighted by atomic mass is 10.0. The quantitative estimate of drug-likeness (QED) is 0.819. The molecule has 0 saturated heterocycles. The molecule has 0 aliphatic rings. The molecule has 0 aliphatic carbocycles. The van der Waals surface area contributed by atoms with Gasteiger partial charge in [0.25, 0.3) is 5.91 Å². The molecule has 0 aromatic heterocycles. The molecule has 112 valence electrons. The molecule has 0 heterocycles. The molecule has 1 rings (SSSR count). The normalized spacial score (nSPS) is 13.2. The summed E-state index contributed by atoms with van der Waals surface area (Å²) in [5.41, 5.74) is 5.90. The third kappa shape index (κ3) is 3.94. The molecule has 1 atom stereocenters. The van der Waals surface area contributed by atoms with Gasteiger partial charge in [-0.3, -0.25) is 4.79 Å². The van der Waals surface area contributed by atoms with Gasteiger partial charge in [-0.1, -0.05) is 20.8 Å². The predicted octanol–water partition coefficient (Wildman–Crippen LogP) is 1.10. The Morgan fingerprint density at radius 3 is 2.35 bits per heavy atom. The first-order chi connectivity index (χ1) is 9.16. The SMILES string of the molecule is CCC(Oc1ccc(S(N)(=O)=O)cc1C(C)C)C(N)=O. The van der Waals surface area contributed by atoms with E-state index in [2.05, 4.69) is 0 Å². The van der Waals surface area contributed by atoms with E-state index in [1.807, 2.05) is 13.8 Å². The lowest BCUT2D eigenvalue weighted by molar-refractivity contribution is -0.124. The number of carbonyl (C=O) groups is 1. The maximum Gasteiger partial charge on any atom is 0.258 e. The molecular weight excluding hydrogens is 280 g/mol. The van der Waals surface area contributed by atoms with Gasteiger partial charge in [-0.05, 0) is 36.1 Å². The lowest BCUT2D eigenvalue weighted by Gasteiger charge is -2.19. The molecule has 0 spiro atoms. The van der Waals surface area contributed by atoms with Gasteiger partial charge in [0.2, 0.25) is 10.0 Å². The zero-order valence-corrected chi connectivity index (χ0v) is 12.6. The van der Waals surface area contributed by atoms with Gasteiger partial charge in [0.05, 0.1) is 4.90 Å². The van der Waals surface area contributed by atoms with E-state index >= 15 is 0 Å². The predicted molar refractivity (Wildman–Crippen MR) is 75.8 cm³/mol. The van der Waals surface area contributed by atoms with Crippen LogP contribution in [0.3, 0.4) is 0 Å². The Bertz CT molecular complexity index is 596. The molecule has 0 aliphatic heterocycles. The van der Waals surface area contributed by atoms with Crippen LogP contribution in [0.25, 0.3) is 0 Å². The van der Waals surface area contributed by atoms with E-state index in [1.54, 1.807) is 6.92 Å². The van der Waals surface area contributed by atoms with Crippen LogP contribution in [-0.4, -0.2) is 20.4 Å². The van der Waals surface area contributed by atoms with Crippen molar-refractivity contribution in [2.75, 3.05) is 0 Å². The van der Waals surface area contributed by atoms with Crippen LogP contribution in [0.1, 0.15) is 38.7 Å². The van der Waals surface area contributed by atoms with Crippen molar-refractivity contribution in [3.8, 4) is 5.75 Å². The summed E-state index contributed by atoms with van der Waals surface area (Å²) >= 11 is 0. The minimum absolute atomic E-state index is 0.0112.